The number of rotatable bonds is 0. The van der Waals surface area contributed by atoms with Crippen molar-refractivity contribution in [1.29, 1.82) is 0 Å². The fourth-order valence-electron chi connectivity index (χ4n) is 3.10. The molecule has 0 aliphatic heterocycles. The van der Waals surface area contributed by atoms with Gasteiger partial charge in [0.25, 0.3) is 0 Å². The minimum absolute atomic E-state index is 0.454. The van der Waals surface area contributed by atoms with Gasteiger partial charge in [0.05, 0.1) is 0 Å². The molecule has 2 aliphatic rings. The van der Waals surface area contributed by atoms with Crippen LogP contribution in [0.15, 0.2) is 0 Å². The molecule has 2 aliphatic carbocycles. The third kappa shape index (κ3) is 1.38. The molecule has 0 aromatic heterocycles. The molecule has 2 fully saturated rings. The van der Waals surface area contributed by atoms with E-state index in [1.54, 1.807) is 0 Å². The van der Waals surface area contributed by atoms with Gasteiger partial charge in [0.15, 0.2) is 0 Å². The van der Waals surface area contributed by atoms with Crippen LogP contribution in [0.1, 0.15) is 38.5 Å². The Kier molecular flexibility index (Phi) is 2.37. The molecule has 0 bridgehead atoms. The maximum absolute atomic E-state index is 6.10. The number of hydrogen-bond donors (Lipinski definition) is 2. The van der Waals surface area contributed by atoms with Crippen LogP contribution in [0.2, 0.25) is 0 Å². The zero-order valence-corrected chi connectivity index (χ0v) is 7.71. The van der Waals surface area contributed by atoms with E-state index in [1.807, 2.05) is 0 Å². The van der Waals surface area contributed by atoms with Crippen LogP contribution in [0.4, 0.5) is 0 Å². The molecular formula is C10H20N2. The standard InChI is InChI=1S/C10H20N2/c11-9-5-1-3-7-8(9)4-2-6-10(7)12/h7-10H,1-6,11-12H2/t7-,8+,9+,10-. The van der Waals surface area contributed by atoms with Crippen LogP contribution >= 0.6 is 0 Å². The summed E-state index contributed by atoms with van der Waals surface area (Å²) in [6.07, 6.45) is 7.73. The third-order valence-electron chi connectivity index (χ3n) is 3.80. The molecule has 0 heterocycles. The summed E-state index contributed by atoms with van der Waals surface area (Å²) in [5.74, 6) is 1.50. The smallest absolute Gasteiger partial charge is 0.00703 e. The van der Waals surface area contributed by atoms with Gasteiger partial charge in [-0.05, 0) is 37.5 Å². The molecule has 0 saturated heterocycles. The normalized spacial score (nSPS) is 48.5. The molecule has 0 radical (unpaired) electrons. The summed E-state index contributed by atoms with van der Waals surface area (Å²) in [7, 11) is 0. The summed E-state index contributed by atoms with van der Waals surface area (Å²) in [6.45, 7) is 0. The quantitative estimate of drug-likeness (QED) is 0.572. The van der Waals surface area contributed by atoms with Gasteiger partial charge in [-0.25, -0.2) is 0 Å². The Balaban J connectivity index is 2.05. The highest BCUT2D eigenvalue weighted by atomic mass is 14.7. The second-order valence-electron chi connectivity index (χ2n) is 4.52. The molecule has 4 N–H and O–H groups in total. The molecular weight excluding hydrogens is 148 g/mol. The summed E-state index contributed by atoms with van der Waals surface area (Å²) in [5, 5.41) is 0. The lowest BCUT2D eigenvalue weighted by molar-refractivity contribution is 0.125. The summed E-state index contributed by atoms with van der Waals surface area (Å²) in [5.41, 5.74) is 12.2. The SMILES string of the molecule is N[C@@H]1CCC[C@H]2[C@H]1CCC[C@@H]2N. The van der Waals surface area contributed by atoms with Crippen molar-refractivity contribution in [3.63, 3.8) is 0 Å². The van der Waals surface area contributed by atoms with Crippen molar-refractivity contribution in [2.24, 2.45) is 23.3 Å². The van der Waals surface area contributed by atoms with Gasteiger partial charge in [0, 0.05) is 12.1 Å². The lowest BCUT2D eigenvalue weighted by atomic mass is 9.66. The van der Waals surface area contributed by atoms with E-state index in [1.165, 1.54) is 38.5 Å². The van der Waals surface area contributed by atoms with E-state index in [9.17, 15) is 0 Å². The molecule has 0 amide bonds. The molecule has 2 rings (SSSR count). The van der Waals surface area contributed by atoms with E-state index in [4.69, 9.17) is 11.5 Å². The van der Waals surface area contributed by atoms with Gasteiger partial charge in [-0.1, -0.05) is 12.8 Å². The second kappa shape index (κ2) is 3.35. The highest BCUT2D eigenvalue weighted by Gasteiger charge is 2.36. The van der Waals surface area contributed by atoms with Crippen molar-refractivity contribution in [2.75, 3.05) is 0 Å². The minimum atomic E-state index is 0.454. The van der Waals surface area contributed by atoms with E-state index in [0.717, 1.165) is 11.8 Å². The number of fused-ring (bicyclic) bond motifs is 1. The molecule has 2 heteroatoms. The van der Waals surface area contributed by atoms with E-state index in [-0.39, 0.29) is 0 Å². The lowest BCUT2D eigenvalue weighted by Gasteiger charge is -2.43. The van der Waals surface area contributed by atoms with Crippen molar-refractivity contribution in [3.05, 3.63) is 0 Å². The van der Waals surface area contributed by atoms with Crippen LogP contribution in [0.3, 0.4) is 0 Å². The molecule has 12 heavy (non-hydrogen) atoms. The van der Waals surface area contributed by atoms with Gasteiger partial charge >= 0.3 is 0 Å². The molecule has 2 saturated carbocycles. The molecule has 0 aromatic carbocycles. The Morgan fingerprint density at radius 1 is 0.667 bits per heavy atom. The van der Waals surface area contributed by atoms with Crippen molar-refractivity contribution < 1.29 is 0 Å². The summed E-state index contributed by atoms with van der Waals surface area (Å²) >= 11 is 0. The first kappa shape index (κ1) is 8.52. The molecule has 0 aromatic rings. The average molecular weight is 168 g/mol. The average Bonchev–Trinajstić information content (AvgIpc) is 2.07. The number of hydrogen-bond acceptors (Lipinski definition) is 2. The zero-order chi connectivity index (χ0) is 8.55. The zero-order valence-electron chi connectivity index (χ0n) is 7.71. The largest absolute Gasteiger partial charge is 0.327 e. The maximum Gasteiger partial charge on any atom is 0.00703 e. The van der Waals surface area contributed by atoms with E-state index in [2.05, 4.69) is 0 Å². The van der Waals surface area contributed by atoms with Crippen LogP contribution in [-0.4, -0.2) is 12.1 Å². The topological polar surface area (TPSA) is 52.0 Å². The Morgan fingerprint density at radius 3 is 1.50 bits per heavy atom. The van der Waals surface area contributed by atoms with Crippen LogP contribution < -0.4 is 11.5 Å². The first-order valence-electron chi connectivity index (χ1n) is 5.30. The Hall–Kier alpha value is -0.0800. The minimum Gasteiger partial charge on any atom is -0.327 e. The van der Waals surface area contributed by atoms with Gasteiger partial charge < -0.3 is 11.5 Å². The maximum atomic E-state index is 6.10. The van der Waals surface area contributed by atoms with E-state index >= 15 is 0 Å². The predicted octanol–water partition coefficient (Wildman–Crippen LogP) is 1.24. The lowest BCUT2D eigenvalue weighted by Crippen LogP contribution is -2.48. The Labute approximate surface area is 74.7 Å². The van der Waals surface area contributed by atoms with Gasteiger partial charge in [-0.15, -0.1) is 0 Å². The Bertz CT molecular complexity index is 140. The molecule has 2 nitrogen and oxygen atoms in total. The van der Waals surface area contributed by atoms with Gasteiger partial charge in [0.1, 0.15) is 0 Å². The van der Waals surface area contributed by atoms with E-state index in [0.29, 0.717) is 12.1 Å². The monoisotopic (exact) mass is 168 g/mol. The summed E-state index contributed by atoms with van der Waals surface area (Å²) < 4.78 is 0. The van der Waals surface area contributed by atoms with Crippen molar-refractivity contribution >= 4 is 0 Å². The van der Waals surface area contributed by atoms with Gasteiger partial charge in [-0.2, -0.15) is 0 Å². The van der Waals surface area contributed by atoms with Crippen LogP contribution in [0, 0.1) is 11.8 Å². The highest BCUT2D eigenvalue weighted by molar-refractivity contribution is 4.92. The van der Waals surface area contributed by atoms with Gasteiger partial charge in [-0.3, -0.25) is 0 Å². The summed E-state index contributed by atoms with van der Waals surface area (Å²) in [6, 6.07) is 0.908. The van der Waals surface area contributed by atoms with Crippen molar-refractivity contribution in [2.45, 2.75) is 50.6 Å². The van der Waals surface area contributed by atoms with Crippen molar-refractivity contribution in [1.82, 2.24) is 0 Å². The molecule has 4 atom stereocenters. The Morgan fingerprint density at radius 2 is 1.08 bits per heavy atom. The predicted molar refractivity (Wildman–Crippen MR) is 50.6 cm³/mol. The van der Waals surface area contributed by atoms with Crippen LogP contribution in [-0.2, 0) is 0 Å². The highest BCUT2D eigenvalue weighted by Crippen LogP contribution is 2.39. The number of nitrogens with two attached hydrogens (primary N) is 2. The summed E-state index contributed by atoms with van der Waals surface area (Å²) in [4.78, 5) is 0. The first-order valence-corrected chi connectivity index (χ1v) is 5.30. The first-order chi connectivity index (χ1) is 5.79. The molecule has 70 valence electrons. The van der Waals surface area contributed by atoms with Crippen LogP contribution in [0.25, 0.3) is 0 Å². The second-order valence-corrected chi connectivity index (χ2v) is 4.52. The molecule has 0 unspecified atom stereocenters. The third-order valence-corrected chi connectivity index (χ3v) is 3.80. The fourth-order valence-corrected chi connectivity index (χ4v) is 3.10. The van der Waals surface area contributed by atoms with E-state index < -0.39 is 0 Å². The molecule has 0 spiro atoms. The van der Waals surface area contributed by atoms with Crippen molar-refractivity contribution in [3.8, 4) is 0 Å². The fraction of sp³-hybridized carbons (Fsp3) is 1.00. The van der Waals surface area contributed by atoms with Crippen LogP contribution in [0.5, 0.6) is 0 Å². The van der Waals surface area contributed by atoms with Gasteiger partial charge in [0.2, 0.25) is 0 Å².